The first-order chi connectivity index (χ1) is 4.79. The van der Waals surface area contributed by atoms with Gasteiger partial charge in [-0.3, -0.25) is 0 Å². The normalized spacial score (nSPS) is 8.10. The molecule has 0 atom stereocenters. The van der Waals surface area contributed by atoms with E-state index in [0.717, 1.165) is 0 Å². The van der Waals surface area contributed by atoms with Gasteiger partial charge in [-0.05, 0) is 19.9 Å². The fraction of sp³-hybridized carbons (Fsp3) is 0.333. The molecule has 10 heavy (non-hydrogen) atoms. The van der Waals surface area contributed by atoms with Crippen LogP contribution in [0.2, 0.25) is 5.60 Å². The first kappa shape index (κ1) is 9.82. The summed E-state index contributed by atoms with van der Waals surface area (Å²) in [6.45, 7) is 4.15. The van der Waals surface area contributed by atoms with Crippen molar-refractivity contribution in [1.29, 1.82) is 0 Å². The molecule has 0 aliphatic carbocycles. The van der Waals surface area contributed by atoms with E-state index < -0.39 is 0 Å². The topological polar surface area (TPSA) is 0 Å². The molecule has 0 bridgehead atoms. The average Bonchev–Trinajstić information content (AvgIpc) is 1.91. The molecule has 0 saturated heterocycles. The van der Waals surface area contributed by atoms with Crippen LogP contribution in [0.4, 0.5) is 0 Å². The molecule has 0 unspecified atom stereocenters. The summed E-state index contributed by atoms with van der Waals surface area (Å²) in [4.78, 5) is 0. The van der Waals surface area contributed by atoms with Gasteiger partial charge in [0.15, 0.2) is 0 Å². The third-order valence-corrected chi connectivity index (χ3v) is 1.08. The Balaban J connectivity index is 0.000000371. The average molecular weight is 127 g/mol. The molecule has 1 aromatic carbocycles. The zero-order chi connectivity index (χ0) is 7.98. The summed E-state index contributed by atoms with van der Waals surface area (Å²) >= 11 is 2.00. The zero-order valence-electron chi connectivity index (χ0n) is 7.23. The Bertz CT molecular complexity index is 165. The standard InChI is InChI=1S/C8H9.CH3.Li/c1-7-4-3-5-8(2)6-7;;/h4-6H,1-2H3;1H3;. The second kappa shape index (κ2) is 5.59. The molecule has 1 heteroatoms. The van der Waals surface area contributed by atoms with Gasteiger partial charge in [0.25, 0.3) is 0 Å². The second-order valence-corrected chi connectivity index (χ2v) is 2.09. The minimum absolute atomic E-state index is 1.28. The van der Waals surface area contributed by atoms with E-state index in [4.69, 9.17) is 0 Å². The SMILES string of the molecule is Cc1c[c]cc(C)c1.[Li][CH3]. The van der Waals surface area contributed by atoms with E-state index in [1.165, 1.54) is 11.1 Å². The molecule has 0 aliphatic rings. The van der Waals surface area contributed by atoms with Crippen LogP contribution < -0.4 is 0 Å². The predicted molar refractivity (Wildman–Crippen MR) is 46.4 cm³/mol. The first-order valence-electron chi connectivity index (χ1n) is 3.73. The summed E-state index contributed by atoms with van der Waals surface area (Å²) in [5.41, 5.74) is 4.56. The molecule has 0 saturated carbocycles. The van der Waals surface area contributed by atoms with E-state index in [0.29, 0.717) is 0 Å². The van der Waals surface area contributed by atoms with Crippen LogP contribution in [0.3, 0.4) is 0 Å². The zero-order valence-corrected chi connectivity index (χ0v) is 7.23. The molecule has 0 fully saturated rings. The predicted octanol–water partition coefficient (Wildman–Crippen LogP) is 2.31. The van der Waals surface area contributed by atoms with Crippen LogP contribution in [0.15, 0.2) is 18.2 Å². The van der Waals surface area contributed by atoms with Crippen molar-refractivity contribution in [3.05, 3.63) is 35.4 Å². The molecular weight excluding hydrogens is 115 g/mol. The Morgan fingerprint density at radius 3 is 1.70 bits per heavy atom. The molecule has 0 aliphatic heterocycles. The van der Waals surface area contributed by atoms with Gasteiger partial charge in [0, 0.05) is 0 Å². The van der Waals surface area contributed by atoms with E-state index in [1.807, 2.05) is 35.4 Å². The fourth-order valence-corrected chi connectivity index (χ4v) is 0.747. The van der Waals surface area contributed by atoms with Crippen molar-refractivity contribution in [2.75, 3.05) is 0 Å². The Labute approximate surface area is 72.9 Å². The Morgan fingerprint density at radius 1 is 1.10 bits per heavy atom. The van der Waals surface area contributed by atoms with Gasteiger partial charge in [0.1, 0.15) is 0 Å². The van der Waals surface area contributed by atoms with Gasteiger partial charge in [0.05, 0.1) is 0 Å². The molecule has 0 N–H and O–H groups in total. The van der Waals surface area contributed by atoms with Gasteiger partial charge >= 0.3 is 23.3 Å². The van der Waals surface area contributed by atoms with Crippen LogP contribution in [-0.2, 0) is 0 Å². The number of hydrogen-bond donors (Lipinski definition) is 0. The molecule has 0 amide bonds. The molecule has 49 valence electrons. The van der Waals surface area contributed by atoms with Gasteiger partial charge in [-0.25, -0.2) is 0 Å². The quantitative estimate of drug-likeness (QED) is 0.469. The van der Waals surface area contributed by atoms with Crippen LogP contribution in [0.25, 0.3) is 0 Å². The van der Waals surface area contributed by atoms with Crippen LogP contribution in [-0.4, -0.2) is 17.7 Å². The molecular formula is C9H12Li. The first-order valence-corrected chi connectivity index (χ1v) is 3.73. The van der Waals surface area contributed by atoms with Crippen molar-refractivity contribution in [3.8, 4) is 0 Å². The summed E-state index contributed by atoms with van der Waals surface area (Å²) < 4.78 is 0. The maximum atomic E-state index is 3.03. The molecule has 1 aromatic rings. The van der Waals surface area contributed by atoms with Crippen molar-refractivity contribution in [2.24, 2.45) is 0 Å². The molecule has 0 spiro atoms. The third-order valence-electron chi connectivity index (χ3n) is 1.08. The van der Waals surface area contributed by atoms with Crippen molar-refractivity contribution >= 4 is 17.7 Å². The molecule has 0 heterocycles. The summed E-state index contributed by atoms with van der Waals surface area (Å²) in [6, 6.07) is 9.12. The van der Waals surface area contributed by atoms with Crippen molar-refractivity contribution in [1.82, 2.24) is 0 Å². The monoisotopic (exact) mass is 127 g/mol. The number of aryl methyl sites for hydroxylation is 2. The number of hydrogen-bond acceptors (Lipinski definition) is 0. The van der Waals surface area contributed by atoms with Gasteiger partial charge in [-0.2, -0.15) is 0 Å². The van der Waals surface area contributed by atoms with Crippen LogP contribution >= 0.6 is 0 Å². The minimum atomic E-state index is 1.28. The van der Waals surface area contributed by atoms with Crippen LogP contribution in [0.5, 0.6) is 0 Å². The van der Waals surface area contributed by atoms with Gasteiger partial charge in [0.2, 0.25) is 0 Å². The number of benzene rings is 1. The Kier molecular flexibility index (Phi) is 5.49. The van der Waals surface area contributed by atoms with E-state index in [-0.39, 0.29) is 0 Å². The summed E-state index contributed by atoms with van der Waals surface area (Å²) in [5.74, 6) is 0. The van der Waals surface area contributed by atoms with Crippen molar-refractivity contribution in [3.63, 3.8) is 0 Å². The third kappa shape index (κ3) is 3.77. The Morgan fingerprint density at radius 2 is 1.50 bits per heavy atom. The van der Waals surface area contributed by atoms with Gasteiger partial charge in [-0.15, -0.1) is 0 Å². The van der Waals surface area contributed by atoms with E-state index >= 15 is 0 Å². The van der Waals surface area contributed by atoms with E-state index in [1.54, 1.807) is 0 Å². The van der Waals surface area contributed by atoms with Crippen molar-refractivity contribution < 1.29 is 0 Å². The van der Waals surface area contributed by atoms with Crippen LogP contribution in [0.1, 0.15) is 11.1 Å². The summed E-state index contributed by atoms with van der Waals surface area (Å²) in [7, 11) is 0. The second-order valence-electron chi connectivity index (χ2n) is 2.09. The molecule has 0 aromatic heterocycles. The molecule has 1 radical (unpaired) electrons. The summed E-state index contributed by atoms with van der Waals surface area (Å²) in [5, 5.41) is 0. The Hall–Kier alpha value is -0.183. The van der Waals surface area contributed by atoms with Crippen LogP contribution in [0, 0.1) is 19.9 Å². The van der Waals surface area contributed by atoms with E-state index in [2.05, 4.69) is 26.0 Å². The van der Waals surface area contributed by atoms with Gasteiger partial charge < -0.3 is 0 Å². The number of rotatable bonds is 0. The fourth-order valence-electron chi connectivity index (χ4n) is 0.747. The molecule has 0 nitrogen and oxygen atoms in total. The summed E-state index contributed by atoms with van der Waals surface area (Å²) in [6.07, 6.45) is 0. The maximum absolute atomic E-state index is 3.03. The van der Waals surface area contributed by atoms with Crippen molar-refractivity contribution in [2.45, 2.75) is 19.4 Å². The van der Waals surface area contributed by atoms with Gasteiger partial charge in [-0.1, -0.05) is 29.3 Å². The van der Waals surface area contributed by atoms with E-state index in [9.17, 15) is 0 Å². The molecule has 1 rings (SSSR count).